The quantitative estimate of drug-likeness (QED) is 0.612. The van der Waals surface area contributed by atoms with Crippen molar-refractivity contribution in [1.82, 2.24) is 4.98 Å². The molecule has 0 radical (unpaired) electrons. The number of hydrogen-bond acceptors (Lipinski definition) is 3. The number of methoxy groups -OCH3 is 2. The average molecular weight is 283 g/mol. The van der Waals surface area contributed by atoms with E-state index in [4.69, 9.17) is 9.47 Å². The van der Waals surface area contributed by atoms with Crippen LogP contribution in [0, 0.1) is 6.07 Å². The summed E-state index contributed by atoms with van der Waals surface area (Å²) in [5.74, 6) is 1.18. The molecule has 0 amide bonds. The van der Waals surface area contributed by atoms with Gasteiger partial charge >= 0.3 is 30.0 Å². The van der Waals surface area contributed by atoms with Crippen molar-refractivity contribution >= 4 is 13.6 Å². The third kappa shape index (κ3) is 3.50. The molecule has 0 fully saturated rings. The second kappa shape index (κ2) is 7.50. The van der Waals surface area contributed by atoms with Crippen LogP contribution in [0.3, 0.4) is 0 Å². The van der Waals surface area contributed by atoms with E-state index in [-0.39, 0.29) is 0 Å². The molecule has 0 saturated heterocycles. The molecular formula is C7H8BrNO2Zn. The molecule has 0 aliphatic carbocycles. The minimum absolute atomic E-state index is 0.581. The first-order chi connectivity index (χ1) is 5.88. The van der Waals surface area contributed by atoms with Gasteiger partial charge in [0.15, 0.2) is 0 Å². The van der Waals surface area contributed by atoms with Gasteiger partial charge in [0.25, 0.3) is 0 Å². The van der Waals surface area contributed by atoms with Crippen molar-refractivity contribution in [2.45, 2.75) is 0 Å². The van der Waals surface area contributed by atoms with Crippen molar-refractivity contribution in [3.05, 3.63) is 18.5 Å². The first-order valence-electron chi connectivity index (χ1n) is 3.09. The molecule has 3 nitrogen and oxygen atoms in total. The van der Waals surface area contributed by atoms with E-state index in [1.807, 2.05) is 0 Å². The standard InChI is InChI=1S/C7H8NO2.BrH.Zn/c1-9-6-3-4-8-5-7(6)10-2;;/h4-5H,1-2H3;1H;/q-1;;+2/p-1. The predicted molar refractivity (Wildman–Crippen MR) is 45.1 cm³/mol. The fourth-order valence-corrected chi connectivity index (χ4v) is 0.636. The molecule has 62 valence electrons. The summed E-state index contributed by atoms with van der Waals surface area (Å²) in [6.45, 7) is 0. The number of halogens is 1. The van der Waals surface area contributed by atoms with Gasteiger partial charge in [0.1, 0.15) is 0 Å². The van der Waals surface area contributed by atoms with Crippen LogP contribution in [0.1, 0.15) is 0 Å². The zero-order valence-electron chi connectivity index (χ0n) is 7.00. The molecule has 0 saturated carbocycles. The maximum absolute atomic E-state index is 4.92. The zero-order chi connectivity index (χ0) is 9.40. The van der Waals surface area contributed by atoms with Crippen LogP contribution in [-0.4, -0.2) is 19.2 Å². The van der Waals surface area contributed by atoms with Crippen LogP contribution in [0.5, 0.6) is 11.5 Å². The number of hydrogen-bond donors (Lipinski definition) is 0. The van der Waals surface area contributed by atoms with Gasteiger partial charge in [0.05, 0.1) is 14.2 Å². The minimum atomic E-state index is 0.581. The van der Waals surface area contributed by atoms with Crippen LogP contribution in [0.4, 0.5) is 0 Å². The summed E-state index contributed by atoms with van der Waals surface area (Å²) in [6.07, 6.45) is 3.11. The summed E-state index contributed by atoms with van der Waals surface area (Å²) in [5.41, 5.74) is 0. The number of rotatable bonds is 2. The molecule has 5 heteroatoms. The monoisotopic (exact) mass is 281 g/mol. The van der Waals surface area contributed by atoms with Gasteiger partial charge in [-0.25, -0.2) is 0 Å². The number of nitrogens with zero attached hydrogens (tertiary/aromatic N) is 1. The van der Waals surface area contributed by atoms with Gasteiger partial charge in [-0.3, -0.25) is 0 Å². The summed E-state index contributed by atoms with van der Waals surface area (Å²) < 4.78 is 9.83. The number of pyridine rings is 1. The van der Waals surface area contributed by atoms with E-state index in [2.05, 4.69) is 24.7 Å². The Balaban J connectivity index is 0.000000561. The van der Waals surface area contributed by atoms with E-state index in [1.54, 1.807) is 20.4 Å². The first-order valence-corrected chi connectivity index (χ1v) is 10.0. The van der Waals surface area contributed by atoms with Crippen molar-refractivity contribution in [2.75, 3.05) is 14.2 Å². The molecular weight excluding hydrogens is 275 g/mol. The van der Waals surface area contributed by atoms with Crippen molar-refractivity contribution in [1.29, 1.82) is 0 Å². The molecule has 1 rings (SSSR count). The van der Waals surface area contributed by atoms with E-state index in [0.717, 1.165) is 0 Å². The molecule has 1 heterocycles. The molecule has 0 N–H and O–H groups in total. The Bertz CT molecular complexity index is 199. The molecule has 1 aromatic rings. The Morgan fingerprint density at radius 1 is 1.42 bits per heavy atom. The molecule has 12 heavy (non-hydrogen) atoms. The van der Waals surface area contributed by atoms with E-state index >= 15 is 0 Å². The third-order valence-corrected chi connectivity index (χ3v) is 1.11. The van der Waals surface area contributed by atoms with Crippen molar-refractivity contribution in [3.8, 4) is 11.5 Å². The summed E-state index contributed by atoms with van der Waals surface area (Å²) in [7, 11) is 3.13. The van der Waals surface area contributed by atoms with Gasteiger partial charge in [-0.1, -0.05) is 6.20 Å². The average Bonchev–Trinajstić information content (AvgIpc) is 2.20. The molecule has 0 aliphatic heterocycles. The molecule has 0 atom stereocenters. The Morgan fingerprint density at radius 3 is 2.50 bits per heavy atom. The Hall–Kier alpha value is -0.147. The maximum atomic E-state index is 4.92. The van der Waals surface area contributed by atoms with Gasteiger partial charge in [0.2, 0.25) is 0 Å². The fraction of sp³-hybridized carbons (Fsp3) is 0.286. The van der Waals surface area contributed by atoms with Crippen LogP contribution in [0.2, 0.25) is 0 Å². The second-order valence-electron chi connectivity index (χ2n) is 1.65. The molecule has 0 spiro atoms. The summed E-state index contributed by atoms with van der Waals surface area (Å²) in [5, 5.41) is 0. The Kier molecular flexibility index (Phi) is 7.41. The molecule has 1 aromatic heterocycles. The number of aromatic nitrogens is 1. The fourth-order valence-electron chi connectivity index (χ4n) is 0.636. The topological polar surface area (TPSA) is 31.4 Å². The van der Waals surface area contributed by atoms with Crippen molar-refractivity contribution in [2.24, 2.45) is 0 Å². The summed E-state index contributed by atoms with van der Waals surface area (Å²) >= 11 is 4.25. The Labute approximate surface area is 88.5 Å². The van der Waals surface area contributed by atoms with Gasteiger partial charge in [-0.05, 0) is 11.9 Å². The van der Waals surface area contributed by atoms with E-state index < -0.39 is 0 Å². The van der Waals surface area contributed by atoms with Gasteiger partial charge in [-0.2, -0.15) is 6.07 Å². The SMILES string of the molecule is COc1[c-]cncc1OC.[Zn+][Br]. The van der Waals surface area contributed by atoms with Crippen LogP contribution in [0.25, 0.3) is 0 Å². The molecule has 0 aromatic carbocycles. The van der Waals surface area contributed by atoms with Gasteiger partial charge < -0.3 is 14.5 Å². The van der Waals surface area contributed by atoms with Crippen LogP contribution < -0.4 is 9.47 Å². The Morgan fingerprint density at radius 2 is 2.08 bits per heavy atom. The van der Waals surface area contributed by atoms with E-state index in [0.29, 0.717) is 11.5 Å². The molecule has 0 bridgehead atoms. The zero-order valence-corrected chi connectivity index (χ0v) is 11.6. The van der Waals surface area contributed by atoms with Gasteiger partial charge in [0, 0.05) is 5.75 Å². The van der Waals surface area contributed by atoms with E-state index in [9.17, 15) is 0 Å². The van der Waals surface area contributed by atoms with Crippen LogP contribution in [-0.2, 0) is 16.3 Å². The van der Waals surface area contributed by atoms with Crippen LogP contribution >= 0.6 is 13.6 Å². The van der Waals surface area contributed by atoms with Gasteiger partial charge in [-0.15, -0.1) is 0 Å². The van der Waals surface area contributed by atoms with Crippen molar-refractivity contribution in [3.63, 3.8) is 0 Å². The van der Waals surface area contributed by atoms with Crippen LogP contribution in [0.15, 0.2) is 12.4 Å². The number of ether oxygens (including phenoxy) is 2. The van der Waals surface area contributed by atoms with Crippen molar-refractivity contribution < 1.29 is 25.8 Å². The molecule has 0 unspecified atom stereocenters. The summed E-state index contributed by atoms with van der Waals surface area (Å²) in [4.78, 5) is 3.80. The normalized spacial score (nSPS) is 8.08. The summed E-state index contributed by atoms with van der Waals surface area (Å²) in [6, 6.07) is 2.78. The third-order valence-electron chi connectivity index (χ3n) is 1.11. The molecule has 0 aliphatic rings. The van der Waals surface area contributed by atoms with E-state index in [1.165, 1.54) is 22.5 Å². The predicted octanol–water partition coefficient (Wildman–Crippen LogP) is 1.74. The second-order valence-corrected chi connectivity index (χ2v) is 1.65. The first kappa shape index (κ1) is 11.9.